The second-order valence-electron chi connectivity index (χ2n) is 5.64. The first kappa shape index (κ1) is 18.9. The first-order chi connectivity index (χ1) is 13.5. The van der Waals surface area contributed by atoms with Crippen molar-refractivity contribution in [3.63, 3.8) is 0 Å². The third kappa shape index (κ3) is 4.44. The number of non-ortho nitro benzene ring substituents is 1. The van der Waals surface area contributed by atoms with Crippen LogP contribution in [0.4, 0.5) is 11.4 Å². The standard InChI is InChI=1S/C20H12ClN3O4/c21-15-4-6-16(7-5-15)23-20(25)14(12-22)11-18-8-9-19(28-18)13-2-1-3-17(10-13)24(26)27/h1-11H,(H,23,25)/b14-11+. The van der Waals surface area contributed by atoms with Gasteiger partial charge in [-0.05, 0) is 36.4 Å². The molecule has 0 aliphatic carbocycles. The molecule has 0 radical (unpaired) electrons. The van der Waals surface area contributed by atoms with Gasteiger partial charge in [0.05, 0.1) is 4.92 Å². The number of halogens is 1. The fourth-order valence-corrected chi connectivity index (χ4v) is 2.51. The van der Waals surface area contributed by atoms with Crippen LogP contribution in [0.3, 0.4) is 0 Å². The van der Waals surface area contributed by atoms with E-state index >= 15 is 0 Å². The molecular formula is C20H12ClN3O4. The van der Waals surface area contributed by atoms with Crippen molar-refractivity contribution >= 4 is 35.0 Å². The van der Waals surface area contributed by atoms with Gasteiger partial charge in [0.25, 0.3) is 11.6 Å². The van der Waals surface area contributed by atoms with Crippen LogP contribution in [-0.4, -0.2) is 10.8 Å². The fourth-order valence-electron chi connectivity index (χ4n) is 2.38. The summed E-state index contributed by atoms with van der Waals surface area (Å²) in [5.74, 6) is 0.0489. The molecule has 7 nitrogen and oxygen atoms in total. The van der Waals surface area contributed by atoms with E-state index in [1.807, 2.05) is 6.07 Å². The van der Waals surface area contributed by atoms with Gasteiger partial charge in [-0.3, -0.25) is 14.9 Å². The predicted molar refractivity (Wildman–Crippen MR) is 104 cm³/mol. The summed E-state index contributed by atoms with van der Waals surface area (Å²) in [5, 5.41) is 23.3. The zero-order valence-electron chi connectivity index (χ0n) is 14.3. The third-order valence-electron chi connectivity index (χ3n) is 3.72. The van der Waals surface area contributed by atoms with Gasteiger partial charge in [-0.1, -0.05) is 23.7 Å². The number of nitrogens with one attached hydrogen (secondary N) is 1. The molecule has 0 atom stereocenters. The largest absolute Gasteiger partial charge is 0.457 e. The topological polar surface area (TPSA) is 109 Å². The highest BCUT2D eigenvalue weighted by atomic mass is 35.5. The number of nitrogens with zero attached hydrogens (tertiary/aromatic N) is 2. The molecule has 0 aliphatic heterocycles. The lowest BCUT2D eigenvalue weighted by molar-refractivity contribution is -0.384. The number of hydrogen-bond acceptors (Lipinski definition) is 5. The summed E-state index contributed by atoms with van der Waals surface area (Å²) in [4.78, 5) is 22.7. The Kier molecular flexibility index (Phi) is 5.53. The molecule has 0 saturated heterocycles. The molecule has 1 N–H and O–H groups in total. The predicted octanol–water partition coefficient (Wildman–Crippen LogP) is 5.05. The van der Waals surface area contributed by atoms with E-state index in [1.165, 1.54) is 18.2 Å². The summed E-state index contributed by atoms with van der Waals surface area (Å²) in [5.41, 5.74) is 0.784. The summed E-state index contributed by atoms with van der Waals surface area (Å²) in [6.07, 6.45) is 1.30. The molecule has 0 unspecified atom stereocenters. The lowest BCUT2D eigenvalue weighted by Gasteiger charge is -2.03. The van der Waals surface area contributed by atoms with E-state index in [9.17, 15) is 20.2 Å². The number of furan rings is 1. The van der Waals surface area contributed by atoms with Gasteiger partial charge >= 0.3 is 0 Å². The summed E-state index contributed by atoms with van der Waals surface area (Å²) < 4.78 is 5.61. The maximum Gasteiger partial charge on any atom is 0.270 e. The minimum Gasteiger partial charge on any atom is -0.457 e. The average molecular weight is 394 g/mol. The minimum absolute atomic E-state index is 0.0638. The number of amides is 1. The number of rotatable bonds is 5. The van der Waals surface area contributed by atoms with E-state index < -0.39 is 10.8 Å². The number of hydrogen-bond donors (Lipinski definition) is 1. The number of carbonyl (C=O) groups is 1. The van der Waals surface area contributed by atoms with Crippen molar-refractivity contribution in [2.75, 3.05) is 5.32 Å². The van der Waals surface area contributed by atoms with Gasteiger partial charge in [-0.15, -0.1) is 0 Å². The Morgan fingerprint density at radius 3 is 2.61 bits per heavy atom. The van der Waals surface area contributed by atoms with Gasteiger partial charge in [-0.25, -0.2) is 0 Å². The van der Waals surface area contributed by atoms with Gasteiger partial charge in [-0.2, -0.15) is 5.26 Å². The summed E-state index contributed by atoms with van der Waals surface area (Å²) in [7, 11) is 0. The molecule has 28 heavy (non-hydrogen) atoms. The van der Waals surface area contributed by atoms with Crippen LogP contribution in [0.5, 0.6) is 0 Å². The second kappa shape index (κ2) is 8.20. The van der Waals surface area contributed by atoms with E-state index in [0.29, 0.717) is 22.0 Å². The first-order valence-corrected chi connectivity index (χ1v) is 8.37. The smallest absolute Gasteiger partial charge is 0.270 e. The number of nitro benzene ring substituents is 1. The van der Waals surface area contributed by atoms with Crippen molar-refractivity contribution in [3.05, 3.63) is 87.1 Å². The molecule has 3 aromatic rings. The summed E-state index contributed by atoms with van der Waals surface area (Å²) in [6, 6.07) is 17.4. The molecular weight excluding hydrogens is 382 g/mol. The van der Waals surface area contributed by atoms with Gasteiger partial charge in [0.1, 0.15) is 23.2 Å². The molecule has 1 amide bonds. The molecule has 1 heterocycles. The lowest BCUT2D eigenvalue weighted by Crippen LogP contribution is -2.13. The molecule has 0 spiro atoms. The van der Waals surface area contributed by atoms with E-state index in [-0.39, 0.29) is 17.0 Å². The second-order valence-corrected chi connectivity index (χ2v) is 6.08. The van der Waals surface area contributed by atoms with E-state index in [2.05, 4.69) is 5.32 Å². The Balaban J connectivity index is 1.81. The van der Waals surface area contributed by atoms with Gasteiger partial charge in [0.2, 0.25) is 0 Å². The summed E-state index contributed by atoms with van der Waals surface area (Å²) in [6.45, 7) is 0. The molecule has 2 aromatic carbocycles. The van der Waals surface area contributed by atoms with Crippen LogP contribution in [0.15, 0.2) is 70.7 Å². The van der Waals surface area contributed by atoms with Gasteiger partial charge < -0.3 is 9.73 Å². The average Bonchev–Trinajstić information content (AvgIpc) is 3.16. The van der Waals surface area contributed by atoms with Crippen molar-refractivity contribution in [2.45, 2.75) is 0 Å². The molecule has 1 aromatic heterocycles. The van der Waals surface area contributed by atoms with Crippen LogP contribution in [0.2, 0.25) is 5.02 Å². The van der Waals surface area contributed by atoms with E-state index in [4.69, 9.17) is 16.0 Å². The van der Waals surface area contributed by atoms with Crippen LogP contribution in [0.1, 0.15) is 5.76 Å². The van der Waals surface area contributed by atoms with Crippen molar-refractivity contribution in [3.8, 4) is 17.4 Å². The highest BCUT2D eigenvalue weighted by molar-refractivity contribution is 6.30. The van der Waals surface area contributed by atoms with Crippen LogP contribution in [0, 0.1) is 21.4 Å². The molecule has 0 bridgehead atoms. The fraction of sp³-hybridized carbons (Fsp3) is 0. The zero-order valence-corrected chi connectivity index (χ0v) is 15.0. The Hall–Kier alpha value is -3.89. The molecule has 8 heteroatoms. The first-order valence-electron chi connectivity index (χ1n) is 7.99. The Morgan fingerprint density at radius 1 is 1.18 bits per heavy atom. The van der Waals surface area contributed by atoms with E-state index in [1.54, 1.807) is 48.5 Å². The SMILES string of the molecule is N#C/C(=C\c1ccc(-c2cccc([N+](=O)[O-])c2)o1)C(=O)Nc1ccc(Cl)cc1. The Bertz CT molecular complexity index is 1110. The maximum absolute atomic E-state index is 12.3. The Morgan fingerprint density at radius 2 is 1.93 bits per heavy atom. The normalized spacial score (nSPS) is 10.9. The monoisotopic (exact) mass is 393 g/mol. The number of nitriles is 1. The highest BCUT2D eigenvalue weighted by Gasteiger charge is 2.13. The lowest BCUT2D eigenvalue weighted by atomic mass is 10.1. The van der Waals surface area contributed by atoms with Crippen molar-refractivity contribution in [2.24, 2.45) is 0 Å². The number of carbonyl (C=O) groups excluding carboxylic acids is 1. The molecule has 3 rings (SSSR count). The van der Waals surface area contributed by atoms with E-state index in [0.717, 1.165) is 0 Å². The quantitative estimate of drug-likeness (QED) is 0.282. The van der Waals surface area contributed by atoms with Crippen LogP contribution < -0.4 is 5.32 Å². The third-order valence-corrected chi connectivity index (χ3v) is 3.97. The van der Waals surface area contributed by atoms with Gasteiger partial charge in [0.15, 0.2) is 0 Å². The highest BCUT2D eigenvalue weighted by Crippen LogP contribution is 2.26. The molecule has 0 saturated carbocycles. The number of nitro groups is 1. The number of anilines is 1. The van der Waals surface area contributed by atoms with Crippen molar-refractivity contribution in [1.29, 1.82) is 5.26 Å². The van der Waals surface area contributed by atoms with Gasteiger partial charge in [0, 0.05) is 34.5 Å². The summed E-state index contributed by atoms with van der Waals surface area (Å²) >= 11 is 5.80. The molecule has 0 fully saturated rings. The van der Waals surface area contributed by atoms with Crippen LogP contribution in [0.25, 0.3) is 17.4 Å². The molecule has 138 valence electrons. The van der Waals surface area contributed by atoms with Crippen molar-refractivity contribution in [1.82, 2.24) is 0 Å². The van der Waals surface area contributed by atoms with Crippen LogP contribution in [-0.2, 0) is 4.79 Å². The zero-order chi connectivity index (χ0) is 20.1. The van der Waals surface area contributed by atoms with Crippen molar-refractivity contribution < 1.29 is 14.1 Å². The maximum atomic E-state index is 12.3. The number of benzene rings is 2. The molecule has 0 aliphatic rings. The minimum atomic E-state index is -0.599. The van der Waals surface area contributed by atoms with Crippen LogP contribution >= 0.6 is 11.6 Å². The Labute approximate surface area is 164 Å².